The van der Waals surface area contributed by atoms with Gasteiger partial charge in [0.05, 0.1) is 14.2 Å². The number of hydrogen-bond acceptors (Lipinski definition) is 5. The summed E-state index contributed by atoms with van der Waals surface area (Å²) in [6, 6.07) is 18.5. The van der Waals surface area contributed by atoms with Gasteiger partial charge in [-0.2, -0.15) is 0 Å². The first-order valence-corrected chi connectivity index (χ1v) is 10.4. The van der Waals surface area contributed by atoms with Gasteiger partial charge >= 0.3 is 0 Å². The molecule has 1 heterocycles. The Kier molecular flexibility index (Phi) is 8.20. The zero-order valence-corrected chi connectivity index (χ0v) is 18.3. The first-order valence-electron chi connectivity index (χ1n) is 10.4. The number of rotatable bonds is 10. The minimum absolute atomic E-state index is 0.205. The number of carbonyl (C=O) groups is 2. The number of carbonyl (C=O) groups excluding carboxylic acids is 2. The Labute approximate surface area is 187 Å². The zero-order chi connectivity index (χ0) is 22.8. The van der Waals surface area contributed by atoms with Gasteiger partial charge < -0.3 is 20.1 Å². The van der Waals surface area contributed by atoms with Crippen LogP contribution in [0.4, 0.5) is 0 Å². The lowest BCUT2D eigenvalue weighted by Crippen LogP contribution is -2.28. The molecule has 0 aliphatic heterocycles. The molecule has 0 unspecified atom stereocenters. The third-order valence-corrected chi connectivity index (χ3v) is 4.92. The number of nitrogens with zero attached hydrogens (tertiary/aromatic N) is 1. The first-order chi connectivity index (χ1) is 15.6. The van der Waals surface area contributed by atoms with Crippen molar-refractivity contribution >= 4 is 11.8 Å². The highest BCUT2D eigenvalue weighted by Gasteiger charge is 2.12. The van der Waals surface area contributed by atoms with Crippen molar-refractivity contribution in [3.8, 4) is 11.5 Å². The largest absolute Gasteiger partial charge is 0.497 e. The van der Waals surface area contributed by atoms with Crippen LogP contribution in [-0.4, -0.2) is 44.1 Å². The molecule has 7 heteroatoms. The molecule has 1 aromatic heterocycles. The minimum Gasteiger partial charge on any atom is -0.497 e. The SMILES string of the molecule is COc1cccc(CCNC(=O)c2ccnc(C(=O)NCCc3cccc(OC)c3)c2)c1. The van der Waals surface area contributed by atoms with E-state index in [9.17, 15) is 9.59 Å². The average Bonchev–Trinajstić information content (AvgIpc) is 2.84. The summed E-state index contributed by atoms with van der Waals surface area (Å²) in [5.41, 5.74) is 2.72. The van der Waals surface area contributed by atoms with Crippen LogP contribution in [0.2, 0.25) is 0 Å². The highest BCUT2D eigenvalue weighted by atomic mass is 16.5. The number of benzene rings is 2. The smallest absolute Gasteiger partial charge is 0.269 e. The van der Waals surface area contributed by atoms with Crippen LogP contribution >= 0.6 is 0 Å². The molecule has 0 aliphatic rings. The van der Waals surface area contributed by atoms with Crippen LogP contribution in [0, 0.1) is 0 Å². The number of aromatic nitrogens is 1. The highest BCUT2D eigenvalue weighted by Crippen LogP contribution is 2.13. The monoisotopic (exact) mass is 433 g/mol. The molecular weight excluding hydrogens is 406 g/mol. The van der Waals surface area contributed by atoms with Gasteiger partial charge in [0, 0.05) is 24.8 Å². The molecule has 2 amide bonds. The summed E-state index contributed by atoms with van der Waals surface area (Å²) in [6.07, 6.45) is 2.80. The molecule has 7 nitrogen and oxygen atoms in total. The predicted octanol–water partition coefficient (Wildman–Crippen LogP) is 3.04. The Morgan fingerprint density at radius 2 is 1.34 bits per heavy atom. The van der Waals surface area contributed by atoms with E-state index in [0.717, 1.165) is 22.6 Å². The van der Waals surface area contributed by atoms with Crippen molar-refractivity contribution in [1.82, 2.24) is 15.6 Å². The Balaban J connectivity index is 1.49. The topological polar surface area (TPSA) is 89.5 Å². The fraction of sp³-hybridized carbons (Fsp3) is 0.240. The van der Waals surface area contributed by atoms with Gasteiger partial charge in [-0.25, -0.2) is 0 Å². The van der Waals surface area contributed by atoms with E-state index in [-0.39, 0.29) is 17.5 Å². The van der Waals surface area contributed by atoms with Crippen molar-refractivity contribution in [3.05, 3.63) is 89.2 Å². The normalized spacial score (nSPS) is 10.3. The Hall–Kier alpha value is -3.87. The van der Waals surface area contributed by atoms with Crippen LogP contribution in [0.3, 0.4) is 0 Å². The van der Waals surface area contributed by atoms with Gasteiger partial charge in [-0.1, -0.05) is 24.3 Å². The lowest BCUT2D eigenvalue weighted by Gasteiger charge is -2.09. The lowest BCUT2D eigenvalue weighted by molar-refractivity contribution is 0.0949. The van der Waals surface area contributed by atoms with Crippen molar-refractivity contribution in [3.63, 3.8) is 0 Å². The maximum Gasteiger partial charge on any atom is 0.269 e. The van der Waals surface area contributed by atoms with Gasteiger partial charge in [-0.05, 0) is 60.4 Å². The molecule has 166 valence electrons. The Bertz CT molecular complexity index is 988. The molecule has 0 saturated carbocycles. The number of nitrogens with one attached hydrogen (secondary N) is 2. The van der Waals surface area contributed by atoms with E-state index in [1.165, 1.54) is 12.3 Å². The summed E-state index contributed by atoms with van der Waals surface area (Å²) in [7, 11) is 3.24. The standard InChI is InChI=1S/C25H27N3O4/c1-31-21-7-3-5-18(15-21)9-12-27-24(29)20-11-14-26-23(17-20)25(30)28-13-10-19-6-4-8-22(16-19)32-2/h3-8,11,14-17H,9-10,12-13H2,1-2H3,(H,27,29)(H,28,30). The van der Waals surface area contributed by atoms with E-state index in [4.69, 9.17) is 9.47 Å². The molecule has 3 rings (SSSR count). The summed E-state index contributed by atoms with van der Waals surface area (Å²) in [5, 5.41) is 5.72. The van der Waals surface area contributed by atoms with Gasteiger partial charge in [0.1, 0.15) is 17.2 Å². The van der Waals surface area contributed by atoms with Crippen LogP contribution in [0.5, 0.6) is 11.5 Å². The summed E-state index contributed by atoms with van der Waals surface area (Å²) in [5.74, 6) is 0.991. The molecule has 0 radical (unpaired) electrons. The van der Waals surface area contributed by atoms with E-state index in [1.807, 2.05) is 48.5 Å². The van der Waals surface area contributed by atoms with Gasteiger partial charge in [-0.3, -0.25) is 14.6 Å². The third-order valence-electron chi connectivity index (χ3n) is 4.92. The number of pyridine rings is 1. The molecule has 3 aromatic rings. The molecule has 0 atom stereocenters. The maximum absolute atomic E-state index is 12.5. The lowest BCUT2D eigenvalue weighted by atomic mass is 10.1. The second-order valence-electron chi connectivity index (χ2n) is 7.14. The third kappa shape index (κ3) is 6.57. The molecule has 0 bridgehead atoms. The van der Waals surface area contributed by atoms with Gasteiger partial charge in [0.2, 0.25) is 0 Å². The fourth-order valence-corrected chi connectivity index (χ4v) is 3.19. The number of ether oxygens (including phenoxy) is 2. The maximum atomic E-state index is 12.5. The second kappa shape index (κ2) is 11.5. The van der Waals surface area contributed by atoms with Crippen LogP contribution in [0.1, 0.15) is 32.0 Å². The summed E-state index contributed by atoms with van der Waals surface area (Å²) < 4.78 is 10.4. The highest BCUT2D eigenvalue weighted by molar-refractivity contribution is 5.98. The van der Waals surface area contributed by atoms with Gasteiger partial charge in [0.15, 0.2) is 0 Å². The minimum atomic E-state index is -0.320. The molecule has 2 aromatic carbocycles. The molecule has 0 saturated heterocycles. The van der Waals surface area contributed by atoms with Crippen LogP contribution in [0.15, 0.2) is 66.9 Å². The molecule has 0 fully saturated rings. The van der Waals surface area contributed by atoms with Crippen molar-refractivity contribution in [2.24, 2.45) is 0 Å². The van der Waals surface area contributed by atoms with Gasteiger partial charge in [0.25, 0.3) is 11.8 Å². The molecular formula is C25H27N3O4. The second-order valence-corrected chi connectivity index (χ2v) is 7.14. The van der Waals surface area contributed by atoms with Crippen molar-refractivity contribution in [1.29, 1.82) is 0 Å². The number of hydrogen-bond donors (Lipinski definition) is 2. The summed E-state index contributed by atoms with van der Waals surface area (Å²) in [6.45, 7) is 0.918. The van der Waals surface area contributed by atoms with Crippen molar-refractivity contribution in [2.45, 2.75) is 12.8 Å². The average molecular weight is 434 g/mol. The van der Waals surface area contributed by atoms with Crippen molar-refractivity contribution in [2.75, 3.05) is 27.3 Å². The quantitative estimate of drug-likeness (QED) is 0.513. The zero-order valence-electron chi connectivity index (χ0n) is 18.3. The van der Waals surface area contributed by atoms with E-state index in [0.29, 0.717) is 31.5 Å². The Morgan fingerprint density at radius 1 is 0.781 bits per heavy atom. The summed E-state index contributed by atoms with van der Waals surface area (Å²) >= 11 is 0. The predicted molar refractivity (Wildman–Crippen MR) is 122 cm³/mol. The number of methoxy groups -OCH3 is 2. The fourth-order valence-electron chi connectivity index (χ4n) is 3.19. The summed E-state index contributed by atoms with van der Waals surface area (Å²) in [4.78, 5) is 29.0. The van der Waals surface area contributed by atoms with E-state index >= 15 is 0 Å². The molecule has 0 aliphatic carbocycles. The molecule has 2 N–H and O–H groups in total. The van der Waals surface area contributed by atoms with E-state index in [1.54, 1.807) is 20.3 Å². The molecule has 0 spiro atoms. The van der Waals surface area contributed by atoms with Crippen LogP contribution in [-0.2, 0) is 12.8 Å². The first kappa shape index (κ1) is 22.8. The number of amides is 2. The van der Waals surface area contributed by atoms with E-state index in [2.05, 4.69) is 15.6 Å². The molecule has 32 heavy (non-hydrogen) atoms. The van der Waals surface area contributed by atoms with Crippen LogP contribution in [0.25, 0.3) is 0 Å². The van der Waals surface area contributed by atoms with Crippen LogP contribution < -0.4 is 20.1 Å². The Morgan fingerprint density at radius 3 is 1.91 bits per heavy atom. The van der Waals surface area contributed by atoms with Crippen molar-refractivity contribution < 1.29 is 19.1 Å². The van der Waals surface area contributed by atoms with E-state index < -0.39 is 0 Å². The van der Waals surface area contributed by atoms with Gasteiger partial charge in [-0.15, -0.1) is 0 Å².